The molecule has 0 bridgehead atoms. The van der Waals surface area contributed by atoms with Gasteiger partial charge < -0.3 is 24.1 Å². The highest BCUT2D eigenvalue weighted by Gasteiger charge is 2.54. The molecule has 6 aromatic carbocycles. The number of hydrogen-bond acceptors (Lipinski definition) is 9. The monoisotopic (exact) mass is 884 g/mol. The van der Waals surface area contributed by atoms with E-state index >= 15 is 0 Å². The van der Waals surface area contributed by atoms with Gasteiger partial charge in [0.25, 0.3) is 5.91 Å². The summed E-state index contributed by atoms with van der Waals surface area (Å²) < 4.78 is 25.0. The lowest BCUT2D eigenvalue weighted by atomic mass is 9.81. The summed E-state index contributed by atoms with van der Waals surface area (Å²) in [5, 5.41) is 13.7. The van der Waals surface area contributed by atoms with Crippen molar-refractivity contribution in [2.24, 2.45) is 10.1 Å². The molecular formula is C49H46Cl2N6O6. The molecule has 1 aliphatic rings. The number of aliphatic imine (C=N–C) groups is 1. The van der Waals surface area contributed by atoms with Crippen LogP contribution in [0.1, 0.15) is 51.5 Å². The van der Waals surface area contributed by atoms with E-state index in [1.165, 1.54) is 0 Å². The third-order valence-corrected chi connectivity index (χ3v) is 10.9. The van der Waals surface area contributed by atoms with Gasteiger partial charge >= 0.3 is 0 Å². The molecule has 0 aromatic heterocycles. The molecule has 1 aliphatic heterocycles. The fourth-order valence-electron chi connectivity index (χ4n) is 7.12. The van der Waals surface area contributed by atoms with Crippen molar-refractivity contribution in [3.8, 4) is 17.2 Å². The molecule has 12 nitrogen and oxygen atoms in total. The van der Waals surface area contributed by atoms with Crippen molar-refractivity contribution in [2.45, 2.75) is 50.7 Å². The number of ether oxygens (including phenoxy) is 4. The van der Waals surface area contributed by atoms with Gasteiger partial charge in [0, 0.05) is 52.1 Å². The first-order valence-corrected chi connectivity index (χ1v) is 21.2. The molecular weight excluding hydrogens is 839 g/mol. The van der Waals surface area contributed by atoms with Gasteiger partial charge in [0.2, 0.25) is 5.90 Å². The van der Waals surface area contributed by atoms with Crippen LogP contribution in [0.5, 0.6) is 17.2 Å². The molecule has 6 aromatic rings. The zero-order chi connectivity index (χ0) is 43.9. The maximum atomic E-state index is 15.0. The first kappa shape index (κ1) is 44.5. The summed E-state index contributed by atoms with van der Waals surface area (Å²) in [6.45, 7) is 1.53. The van der Waals surface area contributed by atoms with E-state index in [2.05, 4.69) is 20.9 Å². The molecule has 0 fully saturated rings. The largest absolute Gasteiger partial charge is 0.494 e. The summed E-state index contributed by atoms with van der Waals surface area (Å²) in [4.78, 5) is 23.1. The maximum Gasteiger partial charge on any atom is 0.266 e. The minimum atomic E-state index is -1.63. The van der Waals surface area contributed by atoms with Crippen molar-refractivity contribution in [3.05, 3.63) is 205 Å². The van der Waals surface area contributed by atoms with Crippen LogP contribution in [0, 0.1) is 0 Å². The van der Waals surface area contributed by atoms with Crippen LogP contribution in [-0.4, -0.2) is 42.2 Å². The zero-order valence-electron chi connectivity index (χ0n) is 34.3. The molecule has 0 saturated heterocycles. The lowest BCUT2D eigenvalue weighted by molar-refractivity contribution is -0.130. The number of rotatable bonds is 21. The van der Waals surface area contributed by atoms with Gasteiger partial charge in [0.15, 0.2) is 23.1 Å². The van der Waals surface area contributed by atoms with E-state index < -0.39 is 17.6 Å². The van der Waals surface area contributed by atoms with Crippen LogP contribution in [0.3, 0.4) is 0 Å². The lowest BCUT2D eigenvalue weighted by Crippen LogP contribution is -2.54. The molecule has 322 valence electrons. The fraction of sp³-hybridized carbons (Fsp3) is 0.224. The summed E-state index contributed by atoms with van der Waals surface area (Å²) >= 11 is 13.2. The second kappa shape index (κ2) is 22.0. The molecule has 14 heteroatoms. The summed E-state index contributed by atoms with van der Waals surface area (Å²) in [6.07, 6.45) is 0.0567. The third-order valence-electron chi connectivity index (χ3n) is 10.4. The second-order valence-electron chi connectivity index (χ2n) is 14.7. The molecule has 0 radical (unpaired) electrons. The minimum absolute atomic E-state index is 0.0194. The number of carbonyl (C=O) groups is 1. The van der Waals surface area contributed by atoms with Gasteiger partial charge in [-0.05, 0) is 88.3 Å². The normalized spacial score (nSPS) is 15.4. The Labute approximate surface area is 376 Å². The highest BCUT2D eigenvalue weighted by atomic mass is 35.5. The number of amides is 1. The summed E-state index contributed by atoms with van der Waals surface area (Å²) in [6, 6.07) is 45.3. The smallest absolute Gasteiger partial charge is 0.266 e. The van der Waals surface area contributed by atoms with Crippen molar-refractivity contribution in [1.29, 1.82) is 0 Å². The van der Waals surface area contributed by atoms with E-state index in [1.807, 2.05) is 103 Å². The number of azide groups is 1. The number of carbonyl (C=O) groups excluding carboxylic acids is 1. The number of hydrogen-bond donors (Lipinski definition) is 3. The number of hydrazine groups is 1. The number of halogens is 2. The van der Waals surface area contributed by atoms with E-state index in [0.717, 1.165) is 27.8 Å². The summed E-state index contributed by atoms with van der Waals surface area (Å²) in [5.41, 5.74) is 19.2. The standard InChI is InChI=1S/C49H46Cl2N6O6/c50-40-19-22-42(43(51)29-40)46-49(30-38-14-7-8-15-39(38)31-54-57-52,55-47(63-46)37-17-20-41(21-18-37)60-27-9-26-58)48(59)56-53-25-24-34-16-23-44(61-32-35-10-3-1-4-11-35)45(28-34)62-33-36-12-5-2-6-13-36/h1-8,10-23,28-29,46,53,58H,9,24-27,30-33H2,(H,56,59)/t46-,49-/m0/s1. The topological polar surface area (TPSA) is 159 Å². The first-order chi connectivity index (χ1) is 30.8. The Morgan fingerprint density at radius 3 is 2.16 bits per heavy atom. The van der Waals surface area contributed by atoms with Crippen LogP contribution in [-0.2, 0) is 42.1 Å². The Hall–Kier alpha value is -6.53. The molecule has 0 aliphatic carbocycles. The highest BCUT2D eigenvalue weighted by molar-refractivity contribution is 6.35. The predicted molar refractivity (Wildman–Crippen MR) is 244 cm³/mol. The van der Waals surface area contributed by atoms with Crippen molar-refractivity contribution in [1.82, 2.24) is 10.9 Å². The van der Waals surface area contributed by atoms with Gasteiger partial charge in [0.1, 0.15) is 19.0 Å². The molecule has 0 unspecified atom stereocenters. The van der Waals surface area contributed by atoms with Gasteiger partial charge in [-0.2, -0.15) is 0 Å². The molecule has 1 amide bonds. The Morgan fingerprint density at radius 1 is 0.794 bits per heavy atom. The van der Waals surface area contributed by atoms with Gasteiger partial charge in [-0.15, -0.1) is 0 Å². The minimum Gasteiger partial charge on any atom is -0.494 e. The zero-order valence-corrected chi connectivity index (χ0v) is 35.8. The first-order valence-electron chi connectivity index (χ1n) is 20.5. The van der Waals surface area contributed by atoms with Crippen molar-refractivity contribution in [2.75, 3.05) is 19.8 Å². The van der Waals surface area contributed by atoms with E-state index in [4.69, 9.17) is 47.1 Å². The van der Waals surface area contributed by atoms with E-state index in [1.54, 1.807) is 42.5 Å². The molecule has 1 heterocycles. The Bertz CT molecular complexity index is 2540. The molecule has 63 heavy (non-hydrogen) atoms. The van der Waals surface area contributed by atoms with Crippen molar-refractivity contribution >= 4 is 35.0 Å². The van der Waals surface area contributed by atoms with Crippen LogP contribution < -0.4 is 25.1 Å². The molecule has 2 atom stereocenters. The van der Waals surface area contributed by atoms with Crippen LogP contribution in [0.4, 0.5) is 0 Å². The highest BCUT2D eigenvalue weighted by Crippen LogP contribution is 2.45. The number of nitrogens with one attached hydrogen (secondary N) is 2. The molecule has 0 spiro atoms. The SMILES string of the molecule is [N-]=[N+]=NCc1ccccc1C[C@]1(C(=O)NNCCc2ccc(OCc3ccccc3)c(OCc3ccccc3)c2)N=C(c2ccc(OCCCO)cc2)O[C@H]1c1ccc(Cl)cc1Cl. The summed E-state index contributed by atoms with van der Waals surface area (Å²) in [7, 11) is 0. The molecule has 3 N–H and O–H groups in total. The van der Waals surface area contributed by atoms with Crippen LogP contribution in [0.25, 0.3) is 10.4 Å². The number of benzene rings is 6. The quantitative estimate of drug-likeness (QED) is 0.0213. The average molecular weight is 886 g/mol. The predicted octanol–water partition coefficient (Wildman–Crippen LogP) is 10.1. The van der Waals surface area contributed by atoms with Gasteiger partial charge in [0.05, 0.1) is 13.2 Å². The Kier molecular flexibility index (Phi) is 15.6. The van der Waals surface area contributed by atoms with Crippen LogP contribution >= 0.6 is 23.2 Å². The Balaban J connectivity index is 1.16. The average Bonchev–Trinajstić information content (AvgIpc) is 3.69. The third kappa shape index (κ3) is 11.7. The fourth-order valence-corrected chi connectivity index (χ4v) is 7.63. The van der Waals surface area contributed by atoms with Crippen LogP contribution in [0.2, 0.25) is 10.0 Å². The Morgan fingerprint density at radius 2 is 1.48 bits per heavy atom. The van der Waals surface area contributed by atoms with E-state index in [9.17, 15) is 15.4 Å². The van der Waals surface area contributed by atoms with E-state index in [0.29, 0.717) is 77.6 Å². The maximum absolute atomic E-state index is 15.0. The number of nitrogens with zero attached hydrogens (tertiary/aromatic N) is 4. The summed E-state index contributed by atoms with van der Waals surface area (Å²) in [5.74, 6) is 1.56. The molecule has 0 saturated carbocycles. The van der Waals surface area contributed by atoms with Gasteiger partial charge in [-0.25, -0.2) is 10.4 Å². The molecule has 7 rings (SSSR count). The van der Waals surface area contributed by atoms with Gasteiger partial charge in [-0.3, -0.25) is 10.2 Å². The lowest BCUT2D eigenvalue weighted by Gasteiger charge is -2.32. The van der Waals surface area contributed by atoms with E-state index in [-0.39, 0.29) is 25.5 Å². The van der Waals surface area contributed by atoms with Crippen LogP contribution in [0.15, 0.2) is 156 Å². The van der Waals surface area contributed by atoms with Crippen molar-refractivity contribution < 1.29 is 28.8 Å². The van der Waals surface area contributed by atoms with Gasteiger partial charge in [-0.1, -0.05) is 125 Å². The van der Waals surface area contributed by atoms with Crippen molar-refractivity contribution in [3.63, 3.8) is 0 Å². The number of aliphatic hydroxyl groups is 1. The number of aliphatic hydroxyl groups excluding tert-OH is 1. The second-order valence-corrected chi connectivity index (χ2v) is 15.6.